The number of aromatic nitrogens is 1. The normalized spacial score (nSPS) is 25.7. The standard InChI is InChI=1S/C21H30N4O/c26-21(24-10-1-2-11-24)19-6-4-12-25(17-19)20-7-13-23(14-8-20)16-18-5-3-9-22-15-18/h1-3,5,9,15,19-20H,4,6-8,10-14,16-17H2/t19-/m0/s1. The highest BCUT2D eigenvalue weighted by Crippen LogP contribution is 2.26. The number of nitrogens with zero attached hydrogens (tertiary/aromatic N) is 4. The number of carbonyl (C=O) groups is 1. The van der Waals surface area contributed by atoms with Crippen LogP contribution in [0.5, 0.6) is 0 Å². The van der Waals surface area contributed by atoms with Crippen LogP contribution >= 0.6 is 0 Å². The lowest BCUT2D eigenvalue weighted by Gasteiger charge is -2.42. The molecule has 0 N–H and O–H groups in total. The van der Waals surface area contributed by atoms with E-state index in [0.29, 0.717) is 11.9 Å². The smallest absolute Gasteiger partial charge is 0.227 e. The summed E-state index contributed by atoms with van der Waals surface area (Å²) in [6.45, 7) is 7.03. The Balaban J connectivity index is 1.26. The zero-order chi connectivity index (χ0) is 17.8. The third-order valence-electron chi connectivity index (χ3n) is 6.13. The fourth-order valence-corrected chi connectivity index (χ4v) is 4.65. The monoisotopic (exact) mass is 354 g/mol. The van der Waals surface area contributed by atoms with Crippen LogP contribution in [0.15, 0.2) is 36.7 Å². The van der Waals surface area contributed by atoms with Gasteiger partial charge in [-0.1, -0.05) is 18.2 Å². The zero-order valence-corrected chi connectivity index (χ0v) is 15.6. The molecule has 4 heterocycles. The molecule has 3 aliphatic rings. The van der Waals surface area contributed by atoms with Crippen LogP contribution in [0.2, 0.25) is 0 Å². The summed E-state index contributed by atoms with van der Waals surface area (Å²) < 4.78 is 0. The van der Waals surface area contributed by atoms with Crippen LogP contribution in [0.1, 0.15) is 31.2 Å². The van der Waals surface area contributed by atoms with Gasteiger partial charge in [0.15, 0.2) is 0 Å². The Kier molecular flexibility index (Phi) is 5.65. The Morgan fingerprint density at radius 1 is 1.12 bits per heavy atom. The molecule has 1 aromatic rings. The molecule has 0 radical (unpaired) electrons. The first-order chi connectivity index (χ1) is 12.8. The van der Waals surface area contributed by atoms with Crippen molar-refractivity contribution < 1.29 is 4.79 Å². The van der Waals surface area contributed by atoms with Crippen LogP contribution in [-0.4, -0.2) is 70.9 Å². The summed E-state index contributed by atoms with van der Waals surface area (Å²) in [7, 11) is 0. The van der Waals surface area contributed by atoms with Crippen molar-refractivity contribution in [3.05, 3.63) is 42.2 Å². The van der Waals surface area contributed by atoms with Crippen molar-refractivity contribution in [1.29, 1.82) is 0 Å². The highest BCUT2D eigenvalue weighted by molar-refractivity contribution is 5.79. The van der Waals surface area contributed by atoms with Gasteiger partial charge < -0.3 is 4.90 Å². The van der Waals surface area contributed by atoms with Gasteiger partial charge in [0.1, 0.15) is 0 Å². The average molecular weight is 354 g/mol. The third kappa shape index (κ3) is 4.15. The molecule has 1 amide bonds. The van der Waals surface area contributed by atoms with E-state index in [9.17, 15) is 4.79 Å². The number of rotatable bonds is 4. The molecule has 0 unspecified atom stereocenters. The molecule has 26 heavy (non-hydrogen) atoms. The minimum atomic E-state index is 0.206. The minimum Gasteiger partial charge on any atom is -0.335 e. The predicted octanol–water partition coefficient (Wildman–Crippen LogP) is 2.16. The van der Waals surface area contributed by atoms with Gasteiger partial charge in [0.2, 0.25) is 5.91 Å². The Hall–Kier alpha value is -1.72. The molecule has 5 nitrogen and oxygen atoms in total. The maximum absolute atomic E-state index is 12.7. The molecule has 4 rings (SSSR count). The molecule has 2 saturated heterocycles. The van der Waals surface area contributed by atoms with Gasteiger partial charge in [-0.15, -0.1) is 0 Å². The summed E-state index contributed by atoms with van der Waals surface area (Å²) in [5.74, 6) is 0.575. The van der Waals surface area contributed by atoms with Crippen molar-refractivity contribution in [2.45, 2.75) is 38.3 Å². The lowest BCUT2D eigenvalue weighted by Crippen LogP contribution is -2.51. The molecule has 0 bridgehead atoms. The van der Waals surface area contributed by atoms with E-state index in [1.165, 1.54) is 18.4 Å². The Morgan fingerprint density at radius 3 is 2.65 bits per heavy atom. The van der Waals surface area contributed by atoms with Crippen molar-refractivity contribution in [3.8, 4) is 0 Å². The molecule has 0 saturated carbocycles. The molecule has 0 aromatic carbocycles. The van der Waals surface area contributed by atoms with Crippen LogP contribution < -0.4 is 0 Å². The first-order valence-corrected chi connectivity index (χ1v) is 10.1. The van der Waals surface area contributed by atoms with Crippen molar-refractivity contribution in [2.24, 2.45) is 5.92 Å². The van der Waals surface area contributed by atoms with Crippen LogP contribution in [0.25, 0.3) is 0 Å². The van der Waals surface area contributed by atoms with E-state index < -0.39 is 0 Å². The molecule has 5 heteroatoms. The molecule has 1 aromatic heterocycles. The van der Waals surface area contributed by atoms with Gasteiger partial charge in [-0.05, 0) is 56.9 Å². The van der Waals surface area contributed by atoms with Gasteiger partial charge in [-0.25, -0.2) is 0 Å². The number of hydrogen-bond acceptors (Lipinski definition) is 4. The molecule has 0 aliphatic carbocycles. The second kappa shape index (κ2) is 8.31. The van der Waals surface area contributed by atoms with E-state index >= 15 is 0 Å². The van der Waals surface area contributed by atoms with Gasteiger partial charge in [-0.3, -0.25) is 19.6 Å². The maximum atomic E-state index is 12.7. The SMILES string of the molecule is O=C([C@H]1CCCN(C2CCN(Cc3cccnc3)CC2)C1)N1CC=CC1. The number of hydrogen-bond donors (Lipinski definition) is 0. The first kappa shape index (κ1) is 17.7. The van der Waals surface area contributed by atoms with Gasteiger partial charge in [0, 0.05) is 44.6 Å². The molecule has 140 valence electrons. The van der Waals surface area contributed by atoms with E-state index in [4.69, 9.17) is 0 Å². The summed E-state index contributed by atoms with van der Waals surface area (Å²) in [6, 6.07) is 4.82. The number of pyridine rings is 1. The topological polar surface area (TPSA) is 39.7 Å². The Labute approximate surface area is 156 Å². The second-order valence-electron chi connectivity index (χ2n) is 7.92. The number of likely N-dealkylation sites (tertiary alicyclic amines) is 2. The van der Waals surface area contributed by atoms with Gasteiger partial charge in [0.25, 0.3) is 0 Å². The molecular weight excluding hydrogens is 324 g/mol. The highest BCUT2D eigenvalue weighted by Gasteiger charge is 2.33. The summed E-state index contributed by atoms with van der Waals surface area (Å²) in [6.07, 6.45) is 12.7. The average Bonchev–Trinajstić information content (AvgIpc) is 3.24. The van der Waals surface area contributed by atoms with Gasteiger partial charge in [-0.2, -0.15) is 0 Å². The molecule has 3 aliphatic heterocycles. The van der Waals surface area contributed by atoms with Crippen LogP contribution in [0, 0.1) is 5.92 Å². The number of carbonyl (C=O) groups excluding carboxylic acids is 1. The van der Waals surface area contributed by atoms with Crippen molar-refractivity contribution in [2.75, 3.05) is 39.3 Å². The third-order valence-corrected chi connectivity index (χ3v) is 6.13. The van der Waals surface area contributed by atoms with E-state index in [-0.39, 0.29) is 5.92 Å². The summed E-state index contributed by atoms with van der Waals surface area (Å²) in [5.41, 5.74) is 1.30. The predicted molar refractivity (Wildman–Crippen MR) is 103 cm³/mol. The fourth-order valence-electron chi connectivity index (χ4n) is 4.65. The number of piperidine rings is 2. The van der Waals surface area contributed by atoms with Gasteiger partial charge >= 0.3 is 0 Å². The van der Waals surface area contributed by atoms with Crippen molar-refractivity contribution in [1.82, 2.24) is 19.7 Å². The van der Waals surface area contributed by atoms with E-state index in [2.05, 4.69) is 33.0 Å². The molecule has 0 spiro atoms. The van der Waals surface area contributed by atoms with E-state index in [1.54, 1.807) is 0 Å². The summed E-state index contributed by atoms with van der Waals surface area (Å²) in [4.78, 5) is 24.1. The molecular formula is C21H30N4O. The maximum Gasteiger partial charge on any atom is 0.227 e. The van der Waals surface area contributed by atoms with E-state index in [1.807, 2.05) is 23.4 Å². The molecule has 2 fully saturated rings. The van der Waals surface area contributed by atoms with Crippen LogP contribution in [-0.2, 0) is 11.3 Å². The Bertz CT molecular complexity index is 616. The van der Waals surface area contributed by atoms with Crippen LogP contribution in [0.3, 0.4) is 0 Å². The Morgan fingerprint density at radius 2 is 1.92 bits per heavy atom. The van der Waals surface area contributed by atoms with E-state index in [0.717, 1.165) is 58.7 Å². The van der Waals surface area contributed by atoms with Crippen molar-refractivity contribution in [3.63, 3.8) is 0 Å². The molecule has 1 atom stereocenters. The zero-order valence-electron chi connectivity index (χ0n) is 15.6. The first-order valence-electron chi connectivity index (χ1n) is 10.1. The number of amides is 1. The summed E-state index contributed by atoms with van der Waals surface area (Å²) >= 11 is 0. The fraction of sp³-hybridized carbons (Fsp3) is 0.619. The van der Waals surface area contributed by atoms with Gasteiger partial charge in [0.05, 0.1) is 5.92 Å². The lowest BCUT2D eigenvalue weighted by molar-refractivity contribution is -0.136. The van der Waals surface area contributed by atoms with Crippen molar-refractivity contribution >= 4 is 5.91 Å². The quantitative estimate of drug-likeness (QED) is 0.777. The largest absolute Gasteiger partial charge is 0.335 e. The minimum absolute atomic E-state index is 0.206. The lowest BCUT2D eigenvalue weighted by atomic mass is 9.93. The highest BCUT2D eigenvalue weighted by atomic mass is 16.2. The second-order valence-corrected chi connectivity index (χ2v) is 7.92. The van der Waals surface area contributed by atoms with Crippen LogP contribution in [0.4, 0.5) is 0 Å². The summed E-state index contributed by atoms with van der Waals surface area (Å²) in [5, 5.41) is 0.